The van der Waals surface area contributed by atoms with Crippen LogP contribution in [0.1, 0.15) is 53.8 Å². The Morgan fingerprint density at radius 1 is 0.828 bits per heavy atom. The Bertz CT molecular complexity index is 708. The average molecular weight is 400 g/mol. The van der Waals surface area contributed by atoms with Gasteiger partial charge in [-0.1, -0.05) is 56.7 Å². The summed E-state index contributed by atoms with van der Waals surface area (Å²) in [5, 5.41) is 20.7. The first-order chi connectivity index (χ1) is 13.9. The van der Waals surface area contributed by atoms with Crippen molar-refractivity contribution in [1.82, 2.24) is 0 Å². The molecule has 0 amide bonds. The van der Waals surface area contributed by atoms with Gasteiger partial charge in [-0.2, -0.15) is 0 Å². The van der Waals surface area contributed by atoms with Crippen molar-refractivity contribution in [2.24, 2.45) is 5.92 Å². The van der Waals surface area contributed by atoms with Crippen LogP contribution in [0.2, 0.25) is 0 Å². The van der Waals surface area contributed by atoms with Gasteiger partial charge in [0, 0.05) is 12.3 Å². The third-order valence-corrected chi connectivity index (χ3v) is 4.73. The molecule has 0 heterocycles. The minimum absolute atomic E-state index is 0.140. The molecule has 0 aliphatic rings. The number of hydrogen-bond acceptors (Lipinski definition) is 6. The van der Waals surface area contributed by atoms with Gasteiger partial charge in [-0.25, -0.2) is 9.59 Å². The quantitative estimate of drug-likeness (QED) is 0.468. The van der Waals surface area contributed by atoms with Gasteiger partial charge >= 0.3 is 11.9 Å². The second-order valence-corrected chi connectivity index (χ2v) is 6.99. The Kier molecular flexibility index (Phi) is 8.83. The van der Waals surface area contributed by atoms with E-state index in [0.29, 0.717) is 17.5 Å². The first-order valence-corrected chi connectivity index (χ1v) is 9.80. The van der Waals surface area contributed by atoms with Crippen LogP contribution in [0.25, 0.3) is 0 Å². The maximum atomic E-state index is 12.4. The number of rotatable bonds is 10. The molecule has 3 atom stereocenters. The van der Waals surface area contributed by atoms with Gasteiger partial charge in [0.25, 0.3) is 6.29 Å². The average Bonchev–Trinajstić information content (AvgIpc) is 2.74. The largest absolute Gasteiger partial charge is 0.421 e. The summed E-state index contributed by atoms with van der Waals surface area (Å²) in [6.07, 6.45) is -1.84. The molecule has 0 radical (unpaired) electrons. The molecular weight excluding hydrogens is 372 g/mol. The number of carbonyl (C=O) groups is 2. The van der Waals surface area contributed by atoms with Crippen molar-refractivity contribution >= 4 is 11.9 Å². The maximum Gasteiger partial charge on any atom is 0.341 e. The molecule has 0 aliphatic heterocycles. The minimum Gasteiger partial charge on any atom is -0.421 e. The summed E-state index contributed by atoms with van der Waals surface area (Å²) in [7, 11) is 0. The fraction of sp³-hybridized carbons (Fsp3) is 0.391. The standard InChI is InChI=1S/C23H28O6/c1-3-10-19(24)16(2)20(25)15-21(28-22(26)17-11-6-4-7-12-17)29-23(27)18-13-8-5-9-14-18/h4-9,11-14,16,19-21,24-25H,3,10,15H2,1-2H3. The molecule has 0 saturated heterocycles. The molecule has 0 fully saturated rings. The third kappa shape index (κ3) is 7.00. The molecule has 0 aromatic heterocycles. The monoisotopic (exact) mass is 400 g/mol. The molecule has 0 aliphatic carbocycles. The van der Waals surface area contributed by atoms with Crippen molar-refractivity contribution in [2.45, 2.75) is 51.6 Å². The van der Waals surface area contributed by atoms with E-state index in [1.165, 1.54) is 0 Å². The molecule has 6 nitrogen and oxygen atoms in total. The van der Waals surface area contributed by atoms with Crippen molar-refractivity contribution in [2.75, 3.05) is 0 Å². The highest BCUT2D eigenvalue weighted by Crippen LogP contribution is 2.20. The molecule has 0 saturated carbocycles. The fourth-order valence-corrected chi connectivity index (χ4v) is 2.87. The number of carbonyl (C=O) groups excluding carboxylic acids is 2. The topological polar surface area (TPSA) is 93.1 Å². The molecule has 0 spiro atoms. The van der Waals surface area contributed by atoms with Gasteiger partial charge in [0.05, 0.1) is 23.3 Å². The van der Waals surface area contributed by atoms with Crippen molar-refractivity contribution in [3.63, 3.8) is 0 Å². The molecular formula is C23H28O6. The van der Waals surface area contributed by atoms with E-state index in [-0.39, 0.29) is 6.42 Å². The molecule has 2 rings (SSSR count). The Morgan fingerprint density at radius 3 is 1.69 bits per heavy atom. The predicted molar refractivity (Wildman–Crippen MR) is 108 cm³/mol. The van der Waals surface area contributed by atoms with Crippen LogP contribution in [0.15, 0.2) is 60.7 Å². The Hall–Kier alpha value is -2.70. The van der Waals surface area contributed by atoms with E-state index in [9.17, 15) is 19.8 Å². The lowest BCUT2D eigenvalue weighted by Crippen LogP contribution is -2.35. The number of benzene rings is 2. The maximum absolute atomic E-state index is 12.4. The van der Waals surface area contributed by atoms with Gasteiger partial charge in [0.2, 0.25) is 0 Å². The van der Waals surface area contributed by atoms with Gasteiger partial charge in [-0.15, -0.1) is 0 Å². The number of ether oxygens (including phenoxy) is 2. The Balaban J connectivity index is 2.11. The van der Waals surface area contributed by atoms with Crippen molar-refractivity contribution < 1.29 is 29.3 Å². The first kappa shape index (κ1) is 22.6. The number of esters is 2. The second kappa shape index (κ2) is 11.3. The van der Waals surface area contributed by atoms with E-state index < -0.39 is 36.4 Å². The lowest BCUT2D eigenvalue weighted by molar-refractivity contribution is -0.108. The van der Waals surface area contributed by atoms with Gasteiger partial charge in [0.1, 0.15) is 0 Å². The molecule has 29 heavy (non-hydrogen) atoms. The van der Waals surface area contributed by atoms with Crippen LogP contribution in [-0.2, 0) is 9.47 Å². The smallest absolute Gasteiger partial charge is 0.341 e. The third-order valence-electron chi connectivity index (χ3n) is 4.73. The van der Waals surface area contributed by atoms with Gasteiger partial charge in [0.15, 0.2) is 0 Å². The van der Waals surface area contributed by atoms with Gasteiger partial charge in [-0.3, -0.25) is 0 Å². The van der Waals surface area contributed by atoms with Crippen LogP contribution < -0.4 is 0 Å². The van der Waals surface area contributed by atoms with E-state index in [1.807, 2.05) is 6.92 Å². The second-order valence-electron chi connectivity index (χ2n) is 6.99. The SMILES string of the molecule is CCCC(O)C(C)C(O)CC(OC(=O)c1ccccc1)OC(=O)c1ccccc1. The summed E-state index contributed by atoms with van der Waals surface area (Å²) in [6.45, 7) is 3.65. The van der Waals surface area contributed by atoms with Crippen molar-refractivity contribution in [3.8, 4) is 0 Å². The predicted octanol–water partition coefficient (Wildman–Crippen LogP) is 3.57. The summed E-state index contributed by atoms with van der Waals surface area (Å²) in [6, 6.07) is 16.7. The van der Waals surface area contributed by atoms with Crippen LogP contribution >= 0.6 is 0 Å². The fourth-order valence-electron chi connectivity index (χ4n) is 2.87. The zero-order chi connectivity index (χ0) is 21.2. The number of aliphatic hydroxyl groups excluding tert-OH is 2. The van der Waals surface area contributed by atoms with Crippen LogP contribution in [0.5, 0.6) is 0 Å². The van der Waals surface area contributed by atoms with Gasteiger partial charge in [-0.05, 0) is 30.7 Å². The van der Waals surface area contributed by atoms with E-state index in [4.69, 9.17) is 9.47 Å². The number of aliphatic hydroxyl groups is 2. The van der Waals surface area contributed by atoms with E-state index in [0.717, 1.165) is 6.42 Å². The van der Waals surface area contributed by atoms with Crippen LogP contribution in [0.3, 0.4) is 0 Å². The summed E-state index contributed by atoms with van der Waals surface area (Å²) >= 11 is 0. The molecule has 3 unspecified atom stereocenters. The van der Waals surface area contributed by atoms with Crippen molar-refractivity contribution in [1.29, 1.82) is 0 Å². The van der Waals surface area contributed by atoms with E-state index in [2.05, 4.69) is 0 Å². The molecule has 156 valence electrons. The summed E-state index contributed by atoms with van der Waals surface area (Å²) in [5.41, 5.74) is 0.614. The summed E-state index contributed by atoms with van der Waals surface area (Å²) in [4.78, 5) is 24.8. The van der Waals surface area contributed by atoms with Crippen LogP contribution in [0.4, 0.5) is 0 Å². The lowest BCUT2D eigenvalue weighted by atomic mass is 9.93. The van der Waals surface area contributed by atoms with E-state index >= 15 is 0 Å². The normalized spacial score (nSPS) is 14.1. The molecule has 2 N–H and O–H groups in total. The minimum atomic E-state index is -1.29. The lowest BCUT2D eigenvalue weighted by Gasteiger charge is -2.27. The summed E-state index contributed by atoms with van der Waals surface area (Å²) < 4.78 is 10.7. The summed E-state index contributed by atoms with van der Waals surface area (Å²) in [5.74, 6) is -1.79. The number of hydrogen-bond donors (Lipinski definition) is 2. The van der Waals surface area contributed by atoms with Crippen molar-refractivity contribution in [3.05, 3.63) is 71.8 Å². The molecule has 0 bridgehead atoms. The Labute approximate surface area is 171 Å². The molecule has 6 heteroatoms. The Morgan fingerprint density at radius 2 is 1.28 bits per heavy atom. The zero-order valence-corrected chi connectivity index (χ0v) is 16.7. The zero-order valence-electron chi connectivity index (χ0n) is 16.7. The van der Waals surface area contributed by atoms with Gasteiger partial charge < -0.3 is 19.7 Å². The highest BCUT2D eigenvalue weighted by Gasteiger charge is 2.29. The van der Waals surface area contributed by atoms with Crippen LogP contribution in [0, 0.1) is 5.92 Å². The first-order valence-electron chi connectivity index (χ1n) is 9.80. The highest BCUT2D eigenvalue weighted by molar-refractivity contribution is 5.90. The highest BCUT2D eigenvalue weighted by atomic mass is 16.7. The molecule has 2 aromatic rings. The van der Waals surface area contributed by atoms with Crippen LogP contribution in [-0.4, -0.2) is 40.6 Å². The van der Waals surface area contributed by atoms with E-state index in [1.54, 1.807) is 67.6 Å². The molecule has 2 aromatic carbocycles.